The molecule has 1 aromatic rings. The van der Waals surface area contributed by atoms with Gasteiger partial charge >= 0.3 is 0 Å². The first-order valence-corrected chi connectivity index (χ1v) is 7.45. The minimum atomic E-state index is -1.29. The molecule has 3 aliphatic carbocycles. The summed E-state index contributed by atoms with van der Waals surface area (Å²) in [6, 6.07) is 7.77. The maximum Gasteiger partial charge on any atom is 0.189 e. The smallest absolute Gasteiger partial charge is 0.189 e. The first-order valence-electron chi connectivity index (χ1n) is 6.38. The van der Waals surface area contributed by atoms with Gasteiger partial charge in [-0.2, -0.15) is 0 Å². The van der Waals surface area contributed by atoms with Crippen LogP contribution in [0.4, 0.5) is 0 Å². The van der Waals surface area contributed by atoms with Crippen LogP contribution in [0, 0.1) is 18.8 Å². The van der Waals surface area contributed by atoms with Crippen LogP contribution in [-0.4, -0.2) is 10.3 Å². The summed E-state index contributed by atoms with van der Waals surface area (Å²) in [6.45, 7) is 2.03. The van der Waals surface area contributed by atoms with Crippen molar-refractivity contribution in [2.75, 3.05) is 0 Å². The normalized spacial score (nSPS) is 32.9. The molecule has 92 valence electrons. The van der Waals surface area contributed by atoms with Crippen LogP contribution in [0.3, 0.4) is 0 Å². The minimum absolute atomic E-state index is 0.224. The Kier molecular flexibility index (Phi) is 3.05. The second-order valence-corrected chi connectivity index (χ2v) is 6.49. The van der Waals surface area contributed by atoms with Gasteiger partial charge in [0.15, 0.2) is 11.1 Å². The summed E-state index contributed by atoms with van der Waals surface area (Å²) < 4.78 is 17.8. The van der Waals surface area contributed by atoms with Crippen LogP contribution < -0.4 is 0 Å². The molecule has 2 atom stereocenters. The van der Waals surface area contributed by atoms with Gasteiger partial charge in [0.05, 0.1) is 11.0 Å². The molecule has 0 heterocycles. The SMILES string of the molecule is Cc1ccc(S(=O)O[C@H]2CCC3CC2C3)cc1. The third kappa shape index (κ3) is 2.31. The maximum atomic E-state index is 12.1. The van der Waals surface area contributed by atoms with E-state index in [1.54, 1.807) is 0 Å². The van der Waals surface area contributed by atoms with Crippen LogP contribution in [0.15, 0.2) is 29.2 Å². The second kappa shape index (κ2) is 4.54. The maximum absolute atomic E-state index is 12.1. The van der Waals surface area contributed by atoms with E-state index in [0.717, 1.165) is 17.2 Å². The van der Waals surface area contributed by atoms with E-state index in [1.807, 2.05) is 31.2 Å². The van der Waals surface area contributed by atoms with Gasteiger partial charge in [-0.3, -0.25) is 4.18 Å². The Labute approximate surface area is 105 Å². The molecule has 0 spiro atoms. The Balaban J connectivity index is 1.64. The Morgan fingerprint density at radius 3 is 2.47 bits per heavy atom. The van der Waals surface area contributed by atoms with Crippen molar-refractivity contribution in [3.8, 4) is 0 Å². The van der Waals surface area contributed by atoms with Crippen LogP contribution >= 0.6 is 0 Å². The zero-order valence-corrected chi connectivity index (χ0v) is 10.9. The molecule has 3 saturated carbocycles. The van der Waals surface area contributed by atoms with E-state index in [2.05, 4.69) is 0 Å². The van der Waals surface area contributed by atoms with Crippen molar-refractivity contribution in [3.05, 3.63) is 29.8 Å². The van der Waals surface area contributed by atoms with E-state index in [1.165, 1.54) is 24.8 Å². The third-order valence-corrected chi connectivity index (χ3v) is 5.16. The number of aryl methyl sites for hydroxylation is 1. The highest BCUT2D eigenvalue weighted by Gasteiger charge is 2.41. The summed E-state index contributed by atoms with van der Waals surface area (Å²) in [7, 11) is 0. The largest absolute Gasteiger partial charge is 0.283 e. The zero-order chi connectivity index (χ0) is 11.8. The lowest BCUT2D eigenvalue weighted by Crippen LogP contribution is -2.41. The molecule has 1 unspecified atom stereocenters. The quantitative estimate of drug-likeness (QED) is 0.823. The molecule has 3 aliphatic rings. The van der Waals surface area contributed by atoms with E-state index in [4.69, 9.17) is 4.18 Å². The summed E-state index contributed by atoms with van der Waals surface area (Å²) in [5.74, 6) is 1.61. The molecule has 0 amide bonds. The van der Waals surface area contributed by atoms with Crippen molar-refractivity contribution in [1.29, 1.82) is 0 Å². The summed E-state index contributed by atoms with van der Waals surface area (Å²) in [4.78, 5) is 0.789. The van der Waals surface area contributed by atoms with Crippen LogP contribution in [0.25, 0.3) is 0 Å². The molecule has 2 nitrogen and oxygen atoms in total. The molecule has 1 aromatic carbocycles. The monoisotopic (exact) mass is 250 g/mol. The Hall–Kier alpha value is -0.670. The van der Waals surface area contributed by atoms with E-state index in [-0.39, 0.29) is 6.10 Å². The summed E-state index contributed by atoms with van der Waals surface area (Å²) in [6.07, 6.45) is 5.15. The fourth-order valence-electron chi connectivity index (χ4n) is 2.91. The van der Waals surface area contributed by atoms with Crippen molar-refractivity contribution < 1.29 is 8.39 Å². The van der Waals surface area contributed by atoms with Crippen molar-refractivity contribution in [2.45, 2.75) is 43.6 Å². The molecule has 2 bridgehead atoms. The summed E-state index contributed by atoms with van der Waals surface area (Å²) in [5, 5.41) is 0. The lowest BCUT2D eigenvalue weighted by atomic mass is 9.64. The van der Waals surface area contributed by atoms with Gasteiger partial charge in [-0.25, -0.2) is 4.21 Å². The first kappa shape index (κ1) is 11.4. The second-order valence-electron chi connectivity index (χ2n) is 5.36. The van der Waals surface area contributed by atoms with Gasteiger partial charge < -0.3 is 0 Å². The van der Waals surface area contributed by atoms with Crippen molar-refractivity contribution in [3.63, 3.8) is 0 Å². The highest BCUT2D eigenvalue weighted by atomic mass is 32.2. The van der Waals surface area contributed by atoms with Gasteiger partial charge in [0.1, 0.15) is 0 Å². The lowest BCUT2D eigenvalue weighted by molar-refractivity contribution is -0.00487. The van der Waals surface area contributed by atoms with Gasteiger partial charge in [-0.1, -0.05) is 17.7 Å². The van der Waals surface area contributed by atoms with Crippen LogP contribution in [-0.2, 0) is 15.3 Å². The molecule has 0 N–H and O–H groups in total. The predicted octanol–water partition coefficient (Wildman–Crippen LogP) is 3.22. The molecular weight excluding hydrogens is 232 g/mol. The number of hydrogen-bond acceptors (Lipinski definition) is 2. The standard InChI is InChI=1S/C14H18O2S/c1-10-2-5-13(6-3-10)17(15)16-14-7-4-11-8-12(14)9-11/h2-3,5-6,11-12,14H,4,7-9H2,1H3/t11?,12?,14-,17?/m0/s1. The highest BCUT2D eigenvalue weighted by molar-refractivity contribution is 7.80. The average molecular weight is 250 g/mol. The van der Waals surface area contributed by atoms with E-state index in [0.29, 0.717) is 5.92 Å². The Morgan fingerprint density at radius 2 is 1.88 bits per heavy atom. The highest BCUT2D eigenvalue weighted by Crippen LogP contribution is 2.47. The number of hydrogen-bond donors (Lipinski definition) is 0. The third-order valence-electron chi connectivity index (χ3n) is 4.08. The van der Waals surface area contributed by atoms with E-state index < -0.39 is 11.1 Å². The Bertz CT molecular complexity index is 418. The van der Waals surface area contributed by atoms with Gasteiger partial charge in [0.25, 0.3) is 0 Å². The zero-order valence-electron chi connectivity index (χ0n) is 10.1. The predicted molar refractivity (Wildman–Crippen MR) is 67.9 cm³/mol. The van der Waals surface area contributed by atoms with Gasteiger partial charge in [0, 0.05) is 0 Å². The molecule has 0 aromatic heterocycles. The van der Waals surface area contributed by atoms with Gasteiger partial charge in [-0.15, -0.1) is 0 Å². The molecule has 3 fully saturated rings. The molecule has 3 heteroatoms. The number of rotatable bonds is 3. The van der Waals surface area contributed by atoms with Gasteiger partial charge in [0.2, 0.25) is 0 Å². The first-order chi connectivity index (χ1) is 8.22. The Morgan fingerprint density at radius 1 is 1.18 bits per heavy atom. The molecular formula is C14H18O2S. The fraction of sp³-hybridized carbons (Fsp3) is 0.571. The van der Waals surface area contributed by atoms with Crippen molar-refractivity contribution in [1.82, 2.24) is 0 Å². The molecule has 0 aliphatic heterocycles. The van der Waals surface area contributed by atoms with Gasteiger partial charge in [-0.05, 0) is 56.6 Å². The topological polar surface area (TPSA) is 26.3 Å². The summed E-state index contributed by atoms with van der Waals surface area (Å²) >= 11 is -1.29. The van der Waals surface area contributed by atoms with E-state index >= 15 is 0 Å². The van der Waals surface area contributed by atoms with Crippen LogP contribution in [0.1, 0.15) is 31.2 Å². The van der Waals surface area contributed by atoms with E-state index in [9.17, 15) is 4.21 Å². The fourth-order valence-corrected chi connectivity index (χ4v) is 3.85. The van der Waals surface area contributed by atoms with Crippen LogP contribution in [0.5, 0.6) is 0 Å². The molecule has 0 radical (unpaired) electrons. The summed E-state index contributed by atoms with van der Waals surface area (Å²) in [5.41, 5.74) is 1.19. The number of fused-ring (bicyclic) bond motifs is 2. The number of benzene rings is 1. The van der Waals surface area contributed by atoms with Crippen molar-refractivity contribution in [2.24, 2.45) is 11.8 Å². The molecule has 4 rings (SSSR count). The molecule has 0 saturated heterocycles. The minimum Gasteiger partial charge on any atom is -0.283 e. The lowest BCUT2D eigenvalue weighted by Gasteiger charge is -2.45. The average Bonchev–Trinajstić information content (AvgIpc) is 2.29. The van der Waals surface area contributed by atoms with Crippen LogP contribution in [0.2, 0.25) is 0 Å². The molecule has 17 heavy (non-hydrogen) atoms. The van der Waals surface area contributed by atoms with Crippen molar-refractivity contribution >= 4 is 11.1 Å².